The highest BCUT2D eigenvalue weighted by Crippen LogP contribution is 2.05. The number of rotatable bonds is 4. The molecule has 52 valence electrons. The average molecular weight is 128 g/mol. The van der Waals surface area contributed by atoms with E-state index < -0.39 is 0 Å². The first-order valence-corrected chi connectivity index (χ1v) is 2.94. The third-order valence-electron chi connectivity index (χ3n) is 1.38. The SMILES string of the molecule is C=CC(C)C(C)OC=O. The van der Waals surface area contributed by atoms with E-state index in [2.05, 4.69) is 11.3 Å². The normalized spacial score (nSPS) is 15.8. The Morgan fingerprint density at radius 3 is 2.44 bits per heavy atom. The Balaban J connectivity index is 3.56. The predicted molar refractivity (Wildman–Crippen MR) is 36.0 cm³/mol. The van der Waals surface area contributed by atoms with Crippen LogP contribution >= 0.6 is 0 Å². The van der Waals surface area contributed by atoms with Crippen molar-refractivity contribution in [2.75, 3.05) is 0 Å². The van der Waals surface area contributed by atoms with E-state index in [0.717, 1.165) is 0 Å². The third-order valence-corrected chi connectivity index (χ3v) is 1.38. The first-order valence-electron chi connectivity index (χ1n) is 2.94. The molecule has 0 aromatic heterocycles. The summed E-state index contributed by atoms with van der Waals surface area (Å²) in [7, 11) is 0. The van der Waals surface area contributed by atoms with E-state index in [1.807, 2.05) is 13.8 Å². The van der Waals surface area contributed by atoms with E-state index in [4.69, 9.17) is 0 Å². The number of ether oxygens (including phenoxy) is 1. The van der Waals surface area contributed by atoms with Crippen LogP contribution in [0.5, 0.6) is 0 Å². The van der Waals surface area contributed by atoms with Crippen molar-refractivity contribution < 1.29 is 9.53 Å². The summed E-state index contributed by atoms with van der Waals surface area (Å²) in [6.07, 6.45) is 1.70. The standard InChI is InChI=1S/C7H12O2/c1-4-6(2)7(3)9-5-8/h4-7H,1H2,2-3H3. The number of hydrogen-bond donors (Lipinski definition) is 0. The Kier molecular flexibility index (Phi) is 3.76. The predicted octanol–water partition coefficient (Wildman–Crippen LogP) is 1.37. The summed E-state index contributed by atoms with van der Waals surface area (Å²) in [5, 5.41) is 0. The zero-order chi connectivity index (χ0) is 7.28. The van der Waals surface area contributed by atoms with Gasteiger partial charge in [0, 0.05) is 5.92 Å². The van der Waals surface area contributed by atoms with E-state index in [9.17, 15) is 4.79 Å². The molecule has 0 saturated carbocycles. The highest BCUT2D eigenvalue weighted by Gasteiger charge is 2.07. The molecule has 0 saturated heterocycles. The van der Waals surface area contributed by atoms with Gasteiger partial charge in [0.2, 0.25) is 0 Å². The van der Waals surface area contributed by atoms with Crippen LogP contribution in [0, 0.1) is 5.92 Å². The monoisotopic (exact) mass is 128 g/mol. The van der Waals surface area contributed by atoms with Gasteiger partial charge in [0.1, 0.15) is 6.10 Å². The summed E-state index contributed by atoms with van der Waals surface area (Å²) in [5.74, 6) is 0.232. The highest BCUT2D eigenvalue weighted by molar-refractivity contribution is 5.37. The van der Waals surface area contributed by atoms with Crippen LogP contribution < -0.4 is 0 Å². The van der Waals surface area contributed by atoms with Crippen molar-refractivity contribution in [1.82, 2.24) is 0 Å². The molecule has 0 fully saturated rings. The van der Waals surface area contributed by atoms with Crippen molar-refractivity contribution in [3.63, 3.8) is 0 Å². The molecular weight excluding hydrogens is 116 g/mol. The molecule has 9 heavy (non-hydrogen) atoms. The fraction of sp³-hybridized carbons (Fsp3) is 0.571. The molecule has 0 aromatic carbocycles. The fourth-order valence-corrected chi connectivity index (χ4v) is 0.403. The van der Waals surface area contributed by atoms with Gasteiger partial charge in [0.25, 0.3) is 6.47 Å². The summed E-state index contributed by atoms with van der Waals surface area (Å²) in [4.78, 5) is 9.78. The van der Waals surface area contributed by atoms with Crippen LogP contribution in [0.3, 0.4) is 0 Å². The molecule has 0 bridgehead atoms. The molecule has 0 radical (unpaired) electrons. The molecule has 0 aliphatic heterocycles. The molecule has 0 aliphatic carbocycles. The van der Waals surface area contributed by atoms with Crippen LogP contribution in [-0.2, 0) is 9.53 Å². The fourth-order valence-electron chi connectivity index (χ4n) is 0.403. The molecule has 0 rings (SSSR count). The van der Waals surface area contributed by atoms with Crippen LogP contribution in [-0.4, -0.2) is 12.6 Å². The molecule has 2 unspecified atom stereocenters. The summed E-state index contributed by atoms with van der Waals surface area (Å²) in [6, 6.07) is 0. The summed E-state index contributed by atoms with van der Waals surface area (Å²) < 4.78 is 4.64. The van der Waals surface area contributed by atoms with Gasteiger partial charge in [-0.3, -0.25) is 4.79 Å². The first-order chi connectivity index (χ1) is 4.22. The van der Waals surface area contributed by atoms with Crippen molar-refractivity contribution >= 4 is 6.47 Å². The maximum atomic E-state index is 9.78. The second-order valence-electron chi connectivity index (χ2n) is 2.03. The quantitative estimate of drug-likeness (QED) is 0.422. The molecule has 0 N–H and O–H groups in total. The largest absolute Gasteiger partial charge is 0.464 e. The van der Waals surface area contributed by atoms with Crippen molar-refractivity contribution in [1.29, 1.82) is 0 Å². The topological polar surface area (TPSA) is 26.3 Å². The van der Waals surface area contributed by atoms with Crippen molar-refractivity contribution in [3.05, 3.63) is 12.7 Å². The van der Waals surface area contributed by atoms with Crippen LogP contribution in [0.1, 0.15) is 13.8 Å². The second-order valence-corrected chi connectivity index (χ2v) is 2.03. The van der Waals surface area contributed by atoms with E-state index in [0.29, 0.717) is 6.47 Å². The van der Waals surface area contributed by atoms with Crippen molar-refractivity contribution in [3.8, 4) is 0 Å². The van der Waals surface area contributed by atoms with Gasteiger partial charge in [-0.15, -0.1) is 6.58 Å². The maximum Gasteiger partial charge on any atom is 0.293 e. The van der Waals surface area contributed by atoms with Gasteiger partial charge in [0.05, 0.1) is 0 Å². The molecule has 0 spiro atoms. The second kappa shape index (κ2) is 4.13. The number of carbonyl (C=O) groups is 1. The van der Waals surface area contributed by atoms with Gasteiger partial charge in [-0.25, -0.2) is 0 Å². The summed E-state index contributed by atoms with van der Waals surface area (Å²) in [6.45, 7) is 7.81. The lowest BCUT2D eigenvalue weighted by Gasteiger charge is -2.12. The summed E-state index contributed by atoms with van der Waals surface area (Å²) >= 11 is 0. The number of carbonyl (C=O) groups excluding carboxylic acids is 1. The zero-order valence-electron chi connectivity index (χ0n) is 5.83. The molecule has 0 aromatic rings. The van der Waals surface area contributed by atoms with Gasteiger partial charge in [-0.1, -0.05) is 13.0 Å². The Morgan fingerprint density at radius 2 is 2.11 bits per heavy atom. The maximum absolute atomic E-state index is 9.78. The molecule has 0 amide bonds. The Hall–Kier alpha value is -0.790. The van der Waals surface area contributed by atoms with E-state index >= 15 is 0 Å². The van der Waals surface area contributed by atoms with Crippen LogP contribution in [0.2, 0.25) is 0 Å². The number of hydrogen-bond acceptors (Lipinski definition) is 2. The molecule has 2 nitrogen and oxygen atoms in total. The van der Waals surface area contributed by atoms with Gasteiger partial charge >= 0.3 is 0 Å². The van der Waals surface area contributed by atoms with Crippen molar-refractivity contribution in [2.24, 2.45) is 5.92 Å². The first kappa shape index (κ1) is 8.21. The van der Waals surface area contributed by atoms with Gasteiger partial charge in [-0.2, -0.15) is 0 Å². The molecule has 0 aliphatic rings. The lowest BCUT2D eigenvalue weighted by atomic mass is 10.1. The molecule has 2 atom stereocenters. The average Bonchev–Trinajstić information content (AvgIpc) is 1.87. The highest BCUT2D eigenvalue weighted by atomic mass is 16.5. The summed E-state index contributed by atoms with van der Waals surface area (Å²) in [5.41, 5.74) is 0. The zero-order valence-corrected chi connectivity index (χ0v) is 5.83. The minimum absolute atomic E-state index is 0.0556. The van der Waals surface area contributed by atoms with Gasteiger partial charge in [0.15, 0.2) is 0 Å². The third kappa shape index (κ3) is 2.90. The van der Waals surface area contributed by atoms with Gasteiger partial charge in [-0.05, 0) is 6.92 Å². The van der Waals surface area contributed by atoms with E-state index in [1.165, 1.54) is 0 Å². The minimum Gasteiger partial charge on any atom is -0.464 e. The Labute approximate surface area is 55.5 Å². The van der Waals surface area contributed by atoms with Crippen molar-refractivity contribution in [2.45, 2.75) is 20.0 Å². The molecule has 2 heteroatoms. The molecular formula is C7H12O2. The Morgan fingerprint density at radius 1 is 1.56 bits per heavy atom. The van der Waals surface area contributed by atoms with Crippen LogP contribution in [0.4, 0.5) is 0 Å². The lowest BCUT2D eigenvalue weighted by molar-refractivity contribution is -0.134. The van der Waals surface area contributed by atoms with Crippen LogP contribution in [0.25, 0.3) is 0 Å². The Bertz CT molecular complexity index is 99.1. The minimum atomic E-state index is -0.0556. The van der Waals surface area contributed by atoms with E-state index in [-0.39, 0.29) is 12.0 Å². The van der Waals surface area contributed by atoms with Crippen LogP contribution in [0.15, 0.2) is 12.7 Å². The van der Waals surface area contributed by atoms with Gasteiger partial charge < -0.3 is 4.74 Å². The smallest absolute Gasteiger partial charge is 0.293 e. The molecule has 0 heterocycles. The lowest BCUT2D eigenvalue weighted by Crippen LogP contribution is -2.14. The van der Waals surface area contributed by atoms with E-state index in [1.54, 1.807) is 6.08 Å².